The molecule has 10 heteroatoms. The molecule has 2 bridgehead atoms. The smallest absolute Gasteiger partial charge is 0.375 e. The molecule has 1 aromatic heterocycles. The molecule has 0 unspecified atom stereocenters. The van der Waals surface area contributed by atoms with E-state index in [0.29, 0.717) is 5.69 Å². The lowest BCUT2D eigenvalue weighted by Gasteiger charge is -2.22. The number of ether oxygens (including phenoxy) is 1. The molecule has 1 aromatic carbocycles. The Bertz CT molecular complexity index is 1020. The number of hydrogen-bond donors (Lipinski definition) is 2. The van der Waals surface area contributed by atoms with Crippen LogP contribution in [0, 0.1) is 0 Å². The van der Waals surface area contributed by atoms with E-state index in [1.165, 1.54) is 7.11 Å². The first-order valence-corrected chi connectivity index (χ1v) is 10.3. The lowest BCUT2D eigenvalue weighted by molar-refractivity contribution is -0.138. The van der Waals surface area contributed by atoms with Crippen LogP contribution in [-0.2, 0) is 15.7 Å². The average molecular weight is 433 g/mol. The van der Waals surface area contributed by atoms with Crippen molar-refractivity contribution in [2.24, 2.45) is 0 Å². The number of benzene rings is 1. The van der Waals surface area contributed by atoms with E-state index >= 15 is 0 Å². The van der Waals surface area contributed by atoms with Gasteiger partial charge >= 0.3 is 6.18 Å². The number of hydrogen-bond acceptors (Lipinski definition) is 6. The largest absolute Gasteiger partial charge is 0.421 e. The van der Waals surface area contributed by atoms with E-state index in [9.17, 15) is 18.0 Å². The number of carbonyl (C=O) groups is 1. The fourth-order valence-electron chi connectivity index (χ4n) is 4.52. The van der Waals surface area contributed by atoms with Gasteiger partial charge in [0.2, 0.25) is 11.9 Å². The quantitative estimate of drug-likeness (QED) is 0.712. The van der Waals surface area contributed by atoms with E-state index in [0.717, 1.165) is 43.0 Å². The zero-order chi connectivity index (χ0) is 21.8. The van der Waals surface area contributed by atoms with Crippen LogP contribution >= 0.6 is 0 Å². The van der Waals surface area contributed by atoms with Crippen molar-refractivity contribution in [1.29, 1.82) is 0 Å². The van der Waals surface area contributed by atoms with Crippen molar-refractivity contribution in [2.75, 3.05) is 24.4 Å². The highest BCUT2D eigenvalue weighted by Crippen LogP contribution is 2.53. The second-order valence-corrected chi connectivity index (χ2v) is 8.18. The number of rotatable bonds is 6. The van der Waals surface area contributed by atoms with E-state index < -0.39 is 11.7 Å². The number of anilines is 3. The summed E-state index contributed by atoms with van der Waals surface area (Å²) >= 11 is 0. The van der Waals surface area contributed by atoms with Crippen LogP contribution < -0.4 is 10.6 Å². The van der Waals surface area contributed by atoms with Crippen molar-refractivity contribution >= 4 is 23.4 Å². The number of alkyl halides is 3. The second-order valence-electron chi connectivity index (χ2n) is 8.18. The van der Waals surface area contributed by atoms with Gasteiger partial charge in [-0.25, -0.2) is 4.98 Å². The molecule has 3 heterocycles. The van der Waals surface area contributed by atoms with Crippen LogP contribution in [0.25, 0.3) is 0 Å². The standard InChI is InChI=1S/C21H22F3N5O2/c1-31-10-18(30)29-16-6-7-17(29)14-8-12(4-5-13(14)16)27-20-25-9-15(21(22,23)24)19(28-20)26-11-2-3-11/h4-5,8-9,11,16-17H,2-3,6-7,10H2,1H3,(H2,25,26,27,28)/t16-,17+/m1/s1. The maximum Gasteiger partial charge on any atom is 0.421 e. The molecule has 2 aromatic rings. The van der Waals surface area contributed by atoms with Crippen LogP contribution in [0.15, 0.2) is 24.4 Å². The maximum atomic E-state index is 13.3. The minimum Gasteiger partial charge on any atom is -0.375 e. The molecule has 2 N–H and O–H groups in total. The van der Waals surface area contributed by atoms with Crippen molar-refractivity contribution in [1.82, 2.24) is 14.9 Å². The van der Waals surface area contributed by atoms with Gasteiger partial charge in [-0.15, -0.1) is 0 Å². The summed E-state index contributed by atoms with van der Waals surface area (Å²) in [5, 5.41) is 5.86. The fourth-order valence-corrected chi connectivity index (χ4v) is 4.52. The van der Waals surface area contributed by atoms with E-state index in [4.69, 9.17) is 4.74 Å². The Morgan fingerprint density at radius 3 is 2.61 bits per heavy atom. The van der Waals surface area contributed by atoms with Gasteiger partial charge in [-0.1, -0.05) is 6.07 Å². The molecular formula is C21H22F3N5O2. The Kier molecular flexibility index (Phi) is 4.76. The Morgan fingerprint density at radius 1 is 1.19 bits per heavy atom. The summed E-state index contributed by atoms with van der Waals surface area (Å²) in [6.07, 6.45) is -0.270. The molecule has 3 aliphatic rings. The molecule has 5 rings (SSSR count). The first-order valence-electron chi connectivity index (χ1n) is 10.3. The molecule has 31 heavy (non-hydrogen) atoms. The molecule has 1 saturated carbocycles. The summed E-state index contributed by atoms with van der Waals surface area (Å²) in [5.74, 6) is -0.154. The minimum atomic E-state index is -4.53. The average Bonchev–Trinajstić information content (AvgIpc) is 3.34. The molecule has 2 atom stereocenters. The molecule has 2 fully saturated rings. The van der Waals surface area contributed by atoms with Crippen LogP contribution in [0.3, 0.4) is 0 Å². The number of carbonyl (C=O) groups excluding carboxylic acids is 1. The number of fused-ring (bicyclic) bond motifs is 5. The van der Waals surface area contributed by atoms with E-state index in [2.05, 4.69) is 20.6 Å². The zero-order valence-corrected chi connectivity index (χ0v) is 16.9. The van der Waals surface area contributed by atoms with Crippen LogP contribution in [0.5, 0.6) is 0 Å². The fraction of sp³-hybridized carbons (Fsp3) is 0.476. The van der Waals surface area contributed by atoms with Gasteiger partial charge in [0, 0.05) is 25.0 Å². The van der Waals surface area contributed by atoms with Gasteiger partial charge in [0.05, 0.1) is 12.1 Å². The number of amides is 1. The third-order valence-electron chi connectivity index (χ3n) is 6.01. The second kappa shape index (κ2) is 7.37. The summed E-state index contributed by atoms with van der Waals surface area (Å²) in [6.45, 7) is 0.0439. The monoisotopic (exact) mass is 433 g/mol. The molecule has 7 nitrogen and oxygen atoms in total. The molecule has 0 radical (unpaired) electrons. The lowest BCUT2D eigenvalue weighted by atomic mass is 9.91. The van der Waals surface area contributed by atoms with Crippen LogP contribution in [0.2, 0.25) is 0 Å². The van der Waals surface area contributed by atoms with Crippen LogP contribution in [-0.4, -0.2) is 40.5 Å². The molecule has 1 amide bonds. The summed E-state index contributed by atoms with van der Waals surface area (Å²) in [6, 6.07) is 5.80. The van der Waals surface area contributed by atoms with Crippen molar-refractivity contribution < 1.29 is 22.7 Å². The first kappa shape index (κ1) is 20.0. The Morgan fingerprint density at radius 2 is 1.94 bits per heavy atom. The summed E-state index contributed by atoms with van der Waals surface area (Å²) < 4.78 is 44.9. The molecule has 0 spiro atoms. The normalized spacial score (nSPS) is 21.9. The number of nitrogens with zero attached hydrogens (tertiary/aromatic N) is 3. The predicted octanol–water partition coefficient (Wildman–Crippen LogP) is 4.18. The van der Waals surface area contributed by atoms with E-state index in [-0.39, 0.29) is 42.4 Å². The third-order valence-corrected chi connectivity index (χ3v) is 6.01. The zero-order valence-electron chi connectivity index (χ0n) is 16.9. The molecule has 1 saturated heterocycles. The molecule has 164 valence electrons. The Hall–Kier alpha value is -2.88. The summed E-state index contributed by atoms with van der Waals surface area (Å²) in [4.78, 5) is 22.3. The van der Waals surface area contributed by atoms with Crippen molar-refractivity contribution in [2.45, 2.75) is 50.0 Å². The summed E-state index contributed by atoms with van der Waals surface area (Å²) in [5.41, 5.74) is 1.95. The molecule has 2 aliphatic heterocycles. The van der Waals surface area contributed by atoms with E-state index in [1.54, 1.807) is 0 Å². The number of aromatic nitrogens is 2. The number of methoxy groups -OCH3 is 1. The molecular weight excluding hydrogens is 411 g/mol. The molecule has 1 aliphatic carbocycles. The SMILES string of the molecule is COCC(=O)N1[C@@H]2CC[C@H]1c1cc(Nc3ncc(C(F)(F)F)c(NC4CC4)n3)ccc12. The van der Waals surface area contributed by atoms with Gasteiger partial charge in [-0.2, -0.15) is 18.2 Å². The third kappa shape index (κ3) is 3.69. The lowest BCUT2D eigenvalue weighted by Crippen LogP contribution is -2.30. The highest BCUT2D eigenvalue weighted by atomic mass is 19.4. The maximum absolute atomic E-state index is 13.3. The van der Waals surface area contributed by atoms with Crippen LogP contribution in [0.4, 0.5) is 30.6 Å². The van der Waals surface area contributed by atoms with E-state index in [1.807, 2.05) is 23.1 Å². The van der Waals surface area contributed by atoms with Crippen molar-refractivity contribution in [3.05, 3.63) is 41.1 Å². The highest BCUT2D eigenvalue weighted by Gasteiger charge is 2.46. The van der Waals surface area contributed by atoms with Gasteiger partial charge < -0.3 is 20.3 Å². The van der Waals surface area contributed by atoms with Crippen molar-refractivity contribution in [3.8, 4) is 0 Å². The topological polar surface area (TPSA) is 79.4 Å². The minimum absolute atomic E-state index is 0.00924. The Labute approximate surface area is 177 Å². The van der Waals surface area contributed by atoms with Gasteiger partial charge in [-0.05, 0) is 48.9 Å². The predicted molar refractivity (Wildman–Crippen MR) is 107 cm³/mol. The number of nitrogens with one attached hydrogen (secondary N) is 2. The van der Waals surface area contributed by atoms with Crippen LogP contribution in [0.1, 0.15) is 54.5 Å². The Balaban J connectivity index is 1.39. The summed E-state index contributed by atoms with van der Waals surface area (Å²) in [7, 11) is 1.50. The van der Waals surface area contributed by atoms with Gasteiger partial charge in [0.15, 0.2) is 0 Å². The highest BCUT2D eigenvalue weighted by molar-refractivity contribution is 5.80. The van der Waals surface area contributed by atoms with Gasteiger partial charge in [0.25, 0.3) is 0 Å². The first-order chi connectivity index (χ1) is 14.8. The number of halogens is 3. The van der Waals surface area contributed by atoms with Crippen molar-refractivity contribution in [3.63, 3.8) is 0 Å². The van der Waals surface area contributed by atoms with Gasteiger partial charge in [0.1, 0.15) is 18.0 Å². The van der Waals surface area contributed by atoms with Gasteiger partial charge in [-0.3, -0.25) is 4.79 Å².